The number of piperidine rings is 1. The van der Waals surface area contributed by atoms with Crippen LogP contribution in [-0.2, 0) is 0 Å². The Balaban J connectivity index is 1.62. The van der Waals surface area contributed by atoms with Crippen molar-refractivity contribution < 1.29 is 19.1 Å². The molecule has 28 heavy (non-hydrogen) atoms. The van der Waals surface area contributed by atoms with E-state index in [0.29, 0.717) is 48.6 Å². The standard InChI is InChI=1S/C21H23BrN2O4/c1-27-17-7-4-8-18(28-2)19(17)20(25)23-16-9-11-24(12-10-16)21(26)14-5-3-6-15(22)13-14/h3-8,13,16H,9-12H2,1-2H3,(H,23,25). The van der Waals surface area contributed by atoms with Gasteiger partial charge in [0.1, 0.15) is 17.1 Å². The lowest BCUT2D eigenvalue weighted by molar-refractivity contribution is 0.0697. The van der Waals surface area contributed by atoms with E-state index in [1.165, 1.54) is 14.2 Å². The highest BCUT2D eigenvalue weighted by Gasteiger charge is 2.27. The second-order valence-corrected chi connectivity index (χ2v) is 7.50. The number of halogens is 1. The van der Waals surface area contributed by atoms with E-state index in [1.54, 1.807) is 18.2 Å². The van der Waals surface area contributed by atoms with Crippen LogP contribution in [0.4, 0.5) is 0 Å². The van der Waals surface area contributed by atoms with Gasteiger partial charge in [0.25, 0.3) is 11.8 Å². The van der Waals surface area contributed by atoms with E-state index in [1.807, 2.05) is 29.2 Å². The van der Waals surface area contributed by atoms with Gasteiger partial charge in [0.05, 0.1) is 14.2 Å². The summed E-state index contributed by atoms with van der Waals surface area (Å²) in [5.74, 6) is 0.724. The number of benzene rings is 2. The number of methoxy groups -OCH3 is 2. The van der Waals surface area contributed by atoms with Crippen molar-refractivity contribution in [2.24, 2.45) is 0 Å². The molecule has 0 saturated carbocycles. The molecule has 2 amide bonds. The Morgan fingerprint density at radius 2 is 1.64 bits per heavy atom. The first-order valence-corrected chi connectivity index (χ1v) is 9.89. The van der Waals surface area contributed by atoms with Crippen LogP contribution in [-0.4, -0.2) is 50.1 Å². The predicted octanol–water partition coefficient (Wildman–Crippen LogP) is 3.50. The second kappa shape index (κ2) is 9.10. The molecule has 1 saturated heterocycles. The Morgan fingerprint density at radius 3 is 2.21 bits per heavy atom. The van der Waals surface area contributed by atoms with Crippen LogP contribution in [0.15, 0.2) is 46.9 Å². The molecule has 1 aliphatic heterocycles. The van der Waals surface area contributed by atoms with E-state index in [0.717, 1.165) is 4.47 Å². The van der Waals surface area contributed by atoms with Gasteiger partial charge in [-0.3, -0.25) is 9.59 Å². The molecular weight excluding hydrogens is 424 g/mol. The number of likely N-dealkylation sites (tertiary alicyclic amines) is 1. The number of hydrogen-bond acceptors (Lipinski definition) is 4. The van der Waals surface area contributed by atoms with Crippen molar-refractivity contribution in [1.29, 1.82) is 0 Å². The Hall–Kier alpha value is -2.54. The van der Waals surface area contributed by atoms with Crippen LogP contribution < -0.4 is 14.8 Å². The van der Waals surface area contributed by atoms with Crippen molar-refractivity contribution in [3.63, 3.8) is 0 Å². The fourth-order valence-electron chi connectivity index (χ4n) is 3.36. The van der Waals surface area contributed by atoms with Gasteiger partial charge in [0.2, 0.25) is 0 Å². The zero-order valence-corrected chi connectivity index (χ0v) is 17.5. The monoisotopic (exact) mass is 446 g/mol. The van der Waals surface area contributed by atoms with Crippen LogP contribution in [0.3, 0.4) is 0 Å². The Bertz CT molecular complexity index is 841. The third kappa shape index (κ3) is 4.47. The van der Waals surface area contributed by atoms with E-state index in [9.17, 15) is 9.59 Å². The number of ether oxygens (including phenoxy) is 2. The van der Waals surface area contributed by atoms with Gasteiger partial charge in [-0.05, 0) is 43.2 Å². The number of carbonyl (C=O) groups is 2. The molecule has 0 unspecified atom stereocenters. The molecule has 0 bridgehead atoms. The van der Waals surface area contributed by atoms with Crippen LogP contribution in [0.2, 0.25) is 0 Å². The minimum absolute atomic E-state index is 0.00585. The molecule has 3 rings (SSSR count). The third-order valence-corrected chi connectivity index (χ3v) is 5.34. The summed E-state index contributed by atoms with van der Waals surface area (Å²) < 4.78 is 11.5. The van der Waals surface area contributed by atoms with E-state index >= 15 is 0 Å². The zero-order chi connectivity index (χ0) is 20.1. The maximum Gasteiger partial charge on any atom is 0.259 e. The average molecular weight is 447 g/mol. The summed E-state index contributed by atoms with van der Waals surface area (Å²) >= 11 is 3.40. The first-order valence-electron chi connectivity index (χ1n) is 9.10. The summed E-state index contributed by atoms with van der Waals surface area (Å²) in [6.07, 6.45) is 1.39. The lowest BCUT2D eigenvalue weighted by Crippen LogP contribution is -2.46. The summed E-state index contributed by atoms with van der Waals surface area (Å²) in [5, 5.41) is 3.05. The molecule has 2 aromatic rings. The largest absolute Gasteiger partial charge is 0.496 e. The molecule has 0 radical (unpaired) electrons. The smallest absolute Gasteiger partial charge is 0.259 e. The van der Waals surface area contributed by atoms with E-state index < -0.39 is 0 Å². The van der Waals surface area contributed by atoms with Crippen LogP contribution in [0.25, 0.3) is 0 Å². The normalized spacial score (nSPS) is 14.5. The lowest BCUT2D eigenvalue weighted by atomic mass is 10.0. The molecule has 6 nitrogen and oxygen atoms in total. The molecule has 0 spiro atoms. The molecule has 0 atom stereocenters. The topological polar surface area (TPSA) is 67.9 Å². The Morgan fingerprint density at radius 1 is 1.04 bits per heavy atom. The molecule has 7 heteroatoms. The molecule has 2 aromatic carbocycles. The first kappa shape index (κ1) is 20.2. The lowest BCUT2D eigenvalue weighted by Gasteiger charge is -2.32. The summed E-state index contributed by atoms with van der Waals surface area (Å²) in [6, 6.07) is 12.6. The average Bonchev–Trinajstić information content (AvgIpc) is 2.73. The van der Waals surface area contributed by atoms with Crippen LogP contribution >= 0.6 is 15.9 Å². The van der Waals surface area contributed by atoms with Gasteiger partial charge in [-0.1, -0.05) is 28.1 Å². The van der Waals surface area contributed by atoms with Gasteiger partial charge in [-0.15, -0.1) is 0 Å². The summed E-state index contributed by atoms with van der Waals surface area (Å²) in [7, 11) is 3.05. The van der Waals surface area contributed by atoms with Crippen LogP contribution in [0.1, 0.15) is 33.6 Å². The van der Waals surface area contributed by atoms with Crippen molar-refractivity contribution in [2.75, 3.05) is 27.3 Å². The zero-order valence-electron chi connectivity index (χ0n) is 15.9. The minimum Gasteiger partial charge on any atom is -0.496 e. The van der Waals surface area contributed by atoms with Crippen molar-refractivity contribution in [1.82, 2.24) is 10.2 Å². The number of nitrogens with zero attached hydrogens (tertiary/aromatic N) is 1. The van der Waals surface area contributed by atoms with Gasteiger partial charge < -0.3 is 19.7 Å². The van der Waals surface area contributed by atoms with Crippen molar-refractivity contribution in [3.8, 4) is 11.5 Å². The highest BCUT2D eigenvalue weighted by molar-refractivity contribution is 9.10. The number of amides is 2. The predicted molar refractivity (Wildman–Crippen MR) is 110 cm³/mol. The first-order chi connectivity index (χ1) is 13.5. The number of hydrogen-bond donors (Lipinski definition) is 1. The molecule has 1 heterocycles. The molecule has 0 aliphatic carbocycles. The van der Waals surface area contributed by atoms with Crippen molar-refractivity contribution >= 4 is 27.7 Å². The summed E-state index contributed by atoms with van der Waals surface area (Å²) in [6.45, 7) is 1.19. The molecular formula is C21H23BrN2O4. The molecule has 148 valence electrons. The fourth-order valence-corrected chi connectivity index (χ4v) is 3.76. The van der Waals surface area contributed by atoms with Crippen LogP contribution in [0.5, 0.6) is 11.5 Å². The SMILES string of the molecule is COc1cccc(OC)c1C(=O)NC1CCN(C(=O)c2cccc(Br)c2)CC1. The third-order valence-electron chi connectivity index (χ3n) is 4.84. The summed E-state index contributed by atoms with van der Waals surface area (Å²) in [5.41, 5.74) is 1.05. The van der Waals surface area contributed by atoms with Crippen molar-refractivity contribution in [3.05, 3.63) is 58.1 Å². The van der Waals surface area contributed by atoms with Gasteiger partial charge >= 0.3 is 0 Å². The molecule has 0 aromatic heterocycles. The fraction of sp³-hybridized carbons (Fsp3) is 0.333. The Labute approximate surface area is 172 Å². The molecule has 1 N–H and O–H groups in total. The number of carbonyl (C=O) groups excluding carboxylic acids is 2. The maximum atomic E-state index is 12.8. The van der Waals surface area contributed by atoms with Crippen LogP contribution in [0, 0.1) is 0 Å². The molecule has 1 fully saturated rings. The maximum absolute atomic E-state index is 12.8. The van der Waals surface area contributed by atoms with E-state index in [2.05, 4.69) is 21.2 Å². The van der Waals surface area contributed by atoms with E-state index in [-0.39, 0.29) is 17.9 Å². The van der Waals surface area contributed by atoms with E-state index in [4.69, 9.17) is 9.47 Å². The van der Waals surface area contributed by atoms with Gasteiger partial charge in [0.15, 0.2) is 0 Å². The summed E-state index contributed by atoms with van der Waals surface area (Å²) in [4.78, 5) is 27.3. The van der Waals surface area contributed by atoms with Gasteiger partial charge in [0, 0.05) is 29.2 Å². The second-order valence-electron chi connectivity index (χ2n) is 6.59. The number of rotatable bonds is 5. The Kier molecular flexibility index (Phi) is 6.57. The van der Waals surface area contributed by atoms with Crippen molar-refractivity contribution in [2.45, 2.75) is 18.9 Å². The van der Waals surface area contributed by atoms with Gasteiger partial charge in [-0.25, -0.2) is 0 Å². The minimum atomic E-state index is -0.230. The molecule has 1 aliphatic rings. The quantitative estimate of drug-likeness (QED) is 0.762. The van der Waals surface area contributed by atoms with Gasteiger partial charge in [-0.2, -0.15) is 0 Å². The number of nitrogens with one attached hydrogen (secondary N) is 1. The highest BCUT2D eigenvalue weighted by atomic mass is 79.9. The highest BCUT2D eigenvalue weighted by Crippen LogP contribution is 2.28.